The molecule has 4 nitrogen and oxygen atoms in total. The summed E-state index contributed by atoms with van der Waals surface area (Å²) >= 11 is 0. The average molecular weight is 305 g/mol. The van der Waals surface area contributed by atoms with Crippen molar-refractivity contribution < 1.29 is 4.74 Å². The fourth-order valence-electron chi connectivity index (χ4n) is 2.89. The Morgan fingerprint density at radius 1 is 1.22 bits per heavy atom. The number of imidazole rings is 1. The van der Waals surface area contributed by atoms with Gasteiger partial charge in [0.1, 0.15) is 5.82 Å². The van der Waals surface area contributed by atoms with E-state index in [4.69, 9.17) is 9.72 Å². The van der Waals surface area contributed by atoms with Crippen LogP contribution in [0.2, 0.25) is 0 Å². The molecule has 116 valence electrons. The van der Waals surface area contributed by atoms with Gasteiger partial charge in [-0.05, 0) is 30.7 Å². The van der Waals surface area contributed by atoms with Gasteiger partial charge in [0.2, 0.25) is 0 Å². The van der Waals surface area contributed by atoms with E-state index in [2.05, 4.69) is 29.7 Å². The van der Waals surface area contributed by atoms with E-state index in [1.807, 2.05) is 36.4 Å². The van der Waals surface area contributed by atoms with E-state index in [-0.39, 0.29) is 6.04 Å². The van der Waals surface area contributed by atoms with Gasteiger partial charge in [-0.1, -0.05) is 30.3 Å². The van der Waals surface area contributed by atoms with Crippen molar-refractivity contribution in [2.45, 2.75) is 19.4 Å². The van der Waals surface area contributed by atoms with Gasteiger partial charge in [-0.15, -0.1) is 0 Å². The summed E-state index contributed by atoms with van der Waals surface area (Å²) in [6, 6.07) is 18.3. The molecule has 0 aliphatic heterocycles. The minimum atomic E-state index is 0.141. The molecule has 4 heteroatoms. The van der Waals surface area contributed by atoms with Gasteiger partial charge < -0.3 is 9.30 Å². The minimum absolute atomic E-state index is 0.141. The average Bonchev–Trinajstić information content (AvgIpc) is 2.97. The molecule has 0 spiro atoms. The van der Waals surface area contributed by atoms with Gasteiger partial charge in [-0.2, -0.15) is 5.26 Å². The molecule has 0 amide bonds. The van der Waals surface area contributed by atoms with E-state index in [1.54, 1.807) is 7.11 Å². The van der Waals surface area contributed by atoms with Crippen molar-refractivity contribution in [1.29, 1.82) is 5.26 Å². The second-order valence-corrected chi connectivity index (χ2v) is 5.54. The first-order valence-electron chi connectivity index (χ1n) is 7.69. The smallest absolute Gasteiger partial charge is 0.112 e. The first kappa shape index (κ1) is 15.3. The molecule has 0 radical (unpaired) electrons. The standard InChI is InChI=1S/C19H19N3O/c1-14(16-6-4-3-5-7-16)22-18-12-15(13-20)8-9-17(18)21-19(22)10-11-23-2/h3-9,12,14H,10-11H2,1-2H3/t14-/m0/s1. The van der Waals surface area contributed by atoms with Crippen LogP contribution in [-0.4, -0.2) is 23.3 Å². The fourth-order valence-corrected chi connectivity index (χ4v) is 2.89. The molecule has 0 N–H and O–H groups in total. The number of aromatic nitrogens is 2. The third kappa shape index (κ3) is 2.96. The van der Waals surface area contributed by atoms with Crippen molar-refractivity contribution >= 4 is 11.0 Å². The van der Waals surface area contributed by atoms with Crippen molar-refractivity contribution in [3.8, 4) is 6.07 Å². The molecule has 1 heterocycles. The van der Waals surface area contributed by atoms with Gasteiger partial charge in [0, 0.05) is 13.5 Å². The number of hydrogen-bond acceptors (Lipinski definition) is 3. The Hall–Kier alpha value is -2.64. The summed E-state index contributed by atoms with van der Waals surface area (Å²) in [5.41, 5.74) is 3.77. The molecule has 23 heavy (non-hydrogen) atoms. The normalized spacial score (nSPS) is 12.2. The molecular formula is C19H19N3O. The van der Waals surface area contributed by atoms with Crippen LogP contribution in [0.1, 0.15) is 29.9 Å². The lowest BCUT2D eigenvalue weighted by Crippen LogP contribution is -2.12. The van der Waals surface area contributed by atoms with Crippen molar-refractivity contribution in [3.05, 3.63) is 65.5 Å². The van der Waals surface area contributed by atoms with Gasteiger partial charge in [0.15, 0.2) is 0 Å². The van der Waals surface area contributed by atoms with Gasteiger partial charge in [-0.3, -0.25) is 0 Å². The Bertz CT molecular complexity index is 846. The van der Waals surface area contributed by atoms with Crippen LogP contribution in [0, 0.1) is 11.3 Å². The number of ether oxygens (including phenoxy) is 1. The molecule has 3 rings (SSSR count). The topological polar surface area (TPSA) is 50.8 Å². The van der Waals surface area contributed by atoms with Crippen molar-refractivity contribution in [1.82, 2.24) is 9.55 Å². The highest BCUT2D eigenvalue weighted by molar-refractivity contribution is 5.78. The molecule has 3 aromatic rings. The first-order chi connectivity index (χ1) is 11.2. The highest BCUT2D eigenvalue weighted by atomic mass is 16.5. The zero-order valence-corrected chi connectivity index (χ0v) is 13.4. The Labute approximate surface area is 136 Å². The molecule has 0 bridgehead atoms. The Balaban J connectivity index is 2.16. The van der Waals surface area contributed by atoms with Crippen LogP contribution in [-0.2, 0) is 11.2 Å². The second-order valence-electron chi connectivity index (χ2n) is 5.54. The lowest BCUT2D eigenvalue weighted by molar-refractivity contribution is 0.199. The van der Waals surface area contributed by atoms with Gasteiger partial charge in [0.05, 0.1) is 35.3 Å². The number of nitriles is 1. The molecule has 1 aromatic heterocycles. The van der Waals surface area contributed by atoms with Gasteiger partial charge in [0.25, 0.3) is 0 Å². The predicted octanol–water partition coefficient (Wildman–Crippen LogP) is 3.71. The first-order valence-corrected chi connectivity index (χ1v) is 7.69. The number of methoxy groups -OCH3 is 1. The van der Waals surface area contributed by atoms with Gasteiger partial charge >= 0.3 is 0 Å². The zero-order chi connectivity index (χ0) is 16.2. The molecule has 0 fully saturated rings. The van der Waals surface area contributed by atoms with Crippen molar-refractivity contribution in [2.24, 2.45) is 0 Å². The number of fused-ring (bicyclic) bond motifs is 1. The molecule has 1 atom stereocenters. The van der Waals surface area contributed by atoms with Crippen molar-refractivity contribution in [3.63, 3.8) is 0 Å². The van der Waals surface area contributed by atoms with Crippen LogP contribution in [0.15, 0.2) is 48.5 Å². The van der Waals surface area contributed by atoms with Crippen LogP contribution in [0.25, 0.3) is 11.0 Å². The van der Waals surface area contributed by atoms with E-state index in [0.29, 0.717) is 12.2 Å². The largest absolute Gasteiger partial charge is 0.384 e. The van der Waals surface area contributed by atoms with Crippen LogP contribution >= 0.6 is 0 Å². The summed E-state index contributed by atoms with van der Waals surface area (Å²) in [5, 5.41) is 9.19. The van der Waals surface area contributed by atoms with Crippen LogP contribution in [0.4, 0.5) is 0 Å². The van der Waals surface area contributed by atoms with E-state index >= 15 is 0 Å². The van der Waals surface area contributed by atoms with E-state index < -0.39 is 0 Å². The quantitative estimate of drug-likeness (QED) is 0.722. The van der Waals surface area contributed by atoms with Crippen LogP contribution < -0.4 is 0 Å². The number of nitrogens with zero attached hydrogens (tertiary/aromatic N) is 3. The Morgan fingerprint density at radius 3 is 2.70 bits per heavy atom. The Morgan fingerprint density at radius 2 is 2.00 bits per heavy atom. The van der Waals surface area contributed by atoms with E-state index in [0.717, 1.165) is 23.3 Å². The SMILES string of the molecule is COCCc1nc2ccc(C#N)cc2n1[C@@H](C)c1ccccc1. The molecule has 2 aromatic carbocycles. The van der Waals surface area contributed by atoms with Gasteiger partial charge in [-0.25, -0.2) is 4.98 Å². The highest BCUT2D eigenvalue weighted by Crippen LogP contribution is 2.27. The van der Waals surface area contributed by atoms with E-state index in [9.17, 15) is 5.26 Å². The molecule has 0 aliphatic carbocycles. The van der Waals surface area contributed by atoms with E-state index in [1.165, 1.54) is 5.56 Å². The number of benzene rings is 2. The fraction of sp³-hybridized carbons (Fsp3) is 0.263. The lowest BCUT2D eigenvalue weighted by Gasteiger charge is -2.18. The monoisotopic (exact) mass is 305 g/mol. The molecular weight excluding hydrogens is 286 g/mol. The molecule has 0 unspecified atom stereocenters. The maximum atomic E-state index is 9.19. The highest BCUT2D eigenvalue weighted by Gasteiger charge is 2.17. The lowest BCUT2D eigenvalue weighted by atomic mass is 10.1. The van der Waals surface area contributed by atoms with Crippen LogP contribution in [0.5, 0.6) is 0 Å². The zero-order valence-electron chi connectivity index (χ0n) is 13.4. The maximum Gasteiger partial charge on any atom is 0.112 e. The predicted molar refractivity (Wildman–Crippen MR) is 90.3 cm³/mol. The third-order valence-corrected chi connectivity index (χ3v) is 4.09. The minimum Gasteiger partial charge on any atom is -0.384 e. The number of hydrogen-bond donors (Lipinski definition) is 0. The summed E-state index contributed by atoms with van der Waals surface area (Å²) in [6.45, 7) is 2.78. The third-order valence-electron chi connectivity index (χ3n) is 4.09. The Kier molecular flexibility index (Phi) is 4.40. The summed E-state index contributed by atoms with van der Waals surface area (Å²) in [5.74, 6) is 0.980. The van der Waals surface area contributed by atoms with Crippen LogP contribution in [0.3, 0.4) is 0 Å². The van der Waals surface area contributed by atoms with Crippen molar-refractivity contribution in [2.75, 3.05) is 13.7 Å². The molecule has 0 saturated heterocycles. The summed E-state index contributed by atoms with van der Waals surface area (Å²) in [6.07, 6.45) is 0.740. The summed E-state index contributed by atoms with van der Waals surface area (Å²) in [7, 11) is 1.70. The second kappa shape index (κ2) is 6.64. The summed E-state index contributed by atoms with van der Waals surface area (Å²) in [4.78, 5) is 4.75. The molecule has 0 saturated carbocycles. The molecule has 0 aliphatic rings. The number of rotatable bonds is 5. The maximum absolute atomic E-state index is 9.19. The summed E-state index contributed by atoms with van der Waals surface area (Å²) < 4.78 is 7.43.